The summed E-state index contributed by atoms with van der Waals surface area (Å²) < 4.78 is 1.87. The summed E-state index contributed by atoms with van der Waals surface area (Å²) >= 11 is 1.57. The lowest BCUT2D eigenvalue weighted by Crippen LogP contribution is -1.99. The van der Waals surface area contributed by atoms with Gasteiger partial charge in [-0.15, -0.1) is 26.6 Å². The van der Waals surface area contributed by atoms with Crippen LogP contribution in [0.1, 0.15) is 16.7 Å². The summed E-state index contributed by atoms with van der Waals surface area (Å²) in [6.07, 6.45) is 0. The zero-order valence-electron chi connectivity index (χ0n) is 16.9. The number of nitrogens with one attached hydrogen (secondary N) is 1. The van der Waals surface area contributed by atoms with E-state index in [1.54, 1.807) is 11.3 Å². The molecule has 148 valence electrons. The van der Waals surface area contributed by atoms with Crippen LogP contribution in [0.15, 0.2) is 60.0 Å². The number of aryl methyl sites for hydroxylation is 3. The summed E-state index contributed by atoms with van der Waals surface area (Å²) in [6.45, 7) is 6.28. The summed E-state index contributed by atoms with van der Waals surface area (Å²) in [6, 6.07) is 18.5. The summed E-state index contributed by atoms with van der Waals surface area (Å²) in [5, 5.41) is 18.5. The lowest BCUT2D eigenvalue weighted by atomic mass is 10.0. The van der Waals surface area contributed by atoms with Gasteiger partial charge in [0, 0.05) is 16.5 Å². The Labute approximate surface area is 178 Å². The van der Waals surface area contributed by atoms with Crippen LogP contribution in [0.2, 0.25) is 0 Å². The van der Waals surface area contributed by atoms with Gasteiger partial charge in [0.15, 0.2) is 5.82 Å². The number of hydrogen-bond acceptors (Lipinski definition) is 6. The van der Waals surface area contributed by atoms with Crippen molar-refractivity contribution >= 4 is 28.1 Å². The average Bonchev–Trinajstić information content (AvgIpc) is 3.30. The molecule has 0 fully saturated rings. The van der Waals surface area contributed by atoms with Gasteiger partial charge in [-0.1, -0.05) is 53.6 Å². The summed E-state index contributed by atoms with van der Waals surface area (Å²) in [7, 11) is 0. The molecule has 1 N–H and O–H groups in total. The normalized spacial score (nSPS) is 11.2. The Kier molecular flexibility index (Phi) is 4.52. The largest absolute Gasteiger partial charge is 0.306 e. The number of hydrogen-bond donors (Lipinski definition) is 1. The molecule has 0 saturated heterocycles. The minimum Gasteiger partial charge on any atom is -0.306 e. The predicted octanol–water partition coefficient (Wildman–Crippen LogP) is 5.58. The second-order valence-electron chi connectivity index (χ2n) is 7.36. The van der Waals surface area contributed by atoms with E-state index in [9.17, 15) is 0 Å². The molecule has 7 heteroatoms. The van der Waals surface area contributed by atoms with Crippen LogP contribution in [-0.4, -0.2) is 24.8 Å². The highest BCUT2D eigenvalue weighted by Crippen LogP contribution is 2.29. The molecule has 0 saturated carbocycles. The number of benzene rings is 2. The van der Waals surface area contributed by atoms with Crippen LogP contribution in [0.3, 0.4) is 0 Å². The lowest BCUT2D eigenvalue weighted by Gasteiger charge is -2.05. The van der Waals surface area contributed by atoms with E-state index in [1.807, 2.05) is 28.8 Å². The topological polar surface area (TPSA) is 68.0 Å². The predicted molar refractivity (Wildman–Crippen MR) is 121 cm³/mol. The Morgan fingerprint density at radius 2 is 1.67 bits per heavy atom. The molecule has 30 heavy (non-hydrogen) atoms. The zero-order valence-corrected chi connectivity index (χ0v) is 17.7. The molecule has 6 nitrogen and oxygen atoms in total. The van der Waals surface area contributed by atoms with E-state index in [0.29, 0.717) is 11.8 Å². The number of rotatable bonds is 4. The van der Waals surface area contributed by atoms with E-state index in [4.69, 9.17) is 0 Å². The van der Waals surface area contributed by atoms with Gasteiger partial charge in [0.1, 0.15) is 0 Å². The maximum absolute atomic E-state index is 4.64. The zero-order chi connectivity index (χ0) is 20.7. The molecule has 0 amide bonds. The minimum atomic E-state index is 0.505. The van der Waals surface area contributed by atoms with Gasteiger partial charge in [-0.3, -0.25) is 0 Å². The number of aromatic nitrogens is 5. The molecule has 0 aliphatic rings. The summed E-state index contributed by atoms with van der Waals surface area (Å²) in [5.41, 5.74) is 7.75. The van der Waals surface area contributed by atoms with E-state index in [2.05, 4.69) is 82.1 Å². The fourth-order valence-corrected chi connectivity index (χ4v) is 4.23. The smallest absolute Gasteiger partial charge is 0.249 e. The third-order valence-corrected chi connectivity index (χ3v) is 5.81. The van der Waals surface area contributed by atoms with Crippen LogP contribution in [-0.2, 0) is 0 Å². The molecule has 3 heterocycles. The first-order valence-corrected chi connectivity index (χ1v) is 10.5. The third kappa shape index (κ3) is 3.44. The van der Waals surface area contributed by atoms with E-state index in [1.165, 1.54) is 16.7 Å². The Hall–Kier alpha value is -3.58. The van der Waals surface area contributed by atoms with Crippen molar-refractivity contribution in [1.82, 2.24) is 24.8 Å². The fraction of sp³-hybridized carbons (Fsp3) is 0.130. The molecule has 3 aromatic heterocycles. The molecule has 0 aliphatic heterocycles. The van der Waals surface area contributed by atoms with Crippen molar-refractivity contribution in [2.75, 3.05) is 5.32 Å². The highest BCUT2D eigenvalue weighted by atomic mass is 32.1. The molecule has 0 radical (unpaired) electrons. The summed E-state index contributed by atoms with van der Waals surface area (Å²) in [4.78, 5) is 5.41. The van der Waals surface area contributed by atoms with E-state index >= 15 is 0 Å². The first-order chi connectivity index (χ1) is 14.6. The molecule has 0 atom stereocenters. The highest BCUT2D eigenvalue weighted by molar-refractivity contribution is 7.15. The van der Waals surface area contributed by atoms with E-state index < -0.39 is 0 Å². The molecule has 5 aromatic rings. The number of fused-ring (bicyclic) bond motifs is 1. The standard InChI is InChI=1S/C23H20N6S/c1-14-4-7-17(8-5-14)19-10-11-21(27-26-19)24-22-25-23-29(28-22)20(13-30-23)18-9-6-15(2)12-16(18)3/h4-13H,1-3H3,(H,24,27,28). The fourth-order valence-electron chi connectivity index (χ4n) is 3.41. The molecular weight excluding hydrogens is 392 g/mol. The SMILES string of the molecule is Cc1ccc(-c2ccc(Nc3nc4scc(-c5ccc(C)cc5C)n4n3)nn2)cc1. The molecule has 0 spiro atoms. The van der Waals surface area contributed by atoms with Gasteiger partial charge in [-0.2, -0.15) is 4.98 Å². The first-order valence-electron chi connectivity index (χ1n) is 9.66. The molecule has 5 rings (SSSR count). The van der Waals surface area contributed by atoms with Crippen molar-refractivity contribution in [1.29, 1.82) is 0 Å². The van der Waals surface area contributed by atoms with Crippen molar-refractivity contribution in [3.63, 3.8) is 0 Å². The van der Waals surface area contributed by atoms with Gasteiger partial charge in [0.05, 0.1) is 11.4 Å². The second-order valence-corrected chi connectivity index (χ2v) is 8.20. The molecule has 0 unspecified atom stereocenters. The van der Waals surface area contributed by atoms with Crippen molar-refractivity contribution < 1.29 is 0 Å². The van der Waals surface area contributed by atoms with Crippen LogP contribution in [0.5, 0.6) is 0 Å². The van der Waals surface area contributed by atoms with Gasteiger partial charge >= 0.3 is 0 Å². The Morgan fingerprint density at radius 3 is 2.40 bits per heavy atom. The Bertz CT molecular complexity index is 1330. The molecule has 0 aliphatic carbocycles. The quantitative estimate of drug-likeness (QED) is 0.417. The highest BCUT2D eigenvalue weighted by Gasteiger charge is 2.14. The number of nitrogens with zero attached hydrogens (tertiary/aromatic N) is 5. The molecule has 0 bridgehead atoms. The second kappa shape index (κ2) is 7.35. The van der Waals surface area contributed by atoms with Gasteiger partial charge < -0.3 is 5.32 Å². The van der Waals surface area contributed by atoms with Gasteiger partial charge in [0.25, 0.3) is 0 Å². The monoisotopic (exact) mass is 412 g/mol. The molecular formula is C23H20N6S. The first kappa shape index (κ1) is 18.4. The molecule has 2 aromatic carbocycles. The Morgan fingerprint density at radius 1 is 0.867 bits per heavy atom. The van der Waals surface area contributed by atoms with Gasteiger partial charge in [-0.05, 0) is 38.5 Å². The van der Waals surface area contributed by atoms with Gasteiger partial charge in [0.2, 0.25) is 10.9 Å². The number of thiazole rings is 1. The minimum absolute atomic E-state index is 0.505. The van der Waals surface area contributed by atoms with Crippen molar-refractivity contribution in [2.45, 2.75) is 20.8 Å². The van der Waals surface area contributed by atoms with E-state index in [0.717, 1.165) is 27.5 Å². The van der Waals surface area contributed by atoms with Crippen LogP contribution in [0.25, 0.3) is 27.5 Å². The van der Waals surface area contributed by atoms with Crippen LogP contribution in [0.4, 0.5) is 11.8 Å². The van der Waals surface area contributed by atoms with Crippen molar-refractivity contribution in [3.05, 3.63) is 76.7 Å². The maximum Gasteiger partial charge on any atom is 0.249 e. The lowest BCUT2D eigenvalue weighted by molar-refractivity contribution is 0.978. The maximum atomic E-state index is 4.64. The third-order valence-electron chi connectivity index (χ3n) is 4.99. The summed E-state index contributed by atoms with van der Waals surface area (Å²) in [5.74, 6) is 1.11. The van der Waals surface area contributed by atoms with Gasteiger partial charge in [-0.25, -0.2) is 4.52 Å². The van der Waals surface area contributed by atoms with Crippen molar-refractivity contribution in [3.8, 4) is 22.5 Å². The number of anilines is 2. The van der Waals surface area contributed by atoms with Crippen molar-refractivity contribution in [2.24, 2.45) is 0 Å². The average molecular weight is 413 g/mol. The van der Waals surface area contributed by atoms with Crippen LogP contribution in [0, 0.1) is 20.8 Å². The van der Waals surface area contributed by atoms with Crippen LogP contribution < -0.4 is 5.32 Å². The van der Waals surface area contributed by atoms with Crippen LogP contribution >= 0.6 is 11.3 Å². The van der Waals surface area contributed by atoms with E-state index in [-0.39, 0.29) is 0 Å². The Balaban J connectivity index is 1.41.